The Labute approximate surface area is 141 Å². The molecule has 3 heteroatoms. The minimum atomic E-state index is -0.129. The second-order valence-corrected chi connectivity index (χ2v) is 5.46. The number of amides is 1. The molecule has 0 atom stereocenters. The predicted octanol–water partition coefficient (Wildman–Crippen LogP) is 4.27. The number of fused-ring (bicyclic) bond motifs is 1. The molecule has 1 N–H and O–H groups in total. The van der Waals surface area contributed by atoms with Gasteiger partial charge in [-0.05, 0) is 51.7 Å². The molecule has 0 aromatic heterocycles. The largest absolute Gasteiger partial charge is 0.497 e. The Hall–Kier alpha value is -3.07. The second-order valence-electron chi connectivity index (χ2n) is 5.46. The zero-order valence-corrected chi connectivity index (χ0v) is 13.7. The first-order valence-corrected chi connectivity index (χ1v) is 7.78. The van der Waals surface area contributed by atoms with Crippen LogP contribution in [-0.2, 0) is 4.79 Å². The van der Waals surface area contributed by atoms with E-state index in [2.05, 4.69) is 35.6 Å². The van der Waals surface area contributed by atoms with Crippen molar-refractivity contribution in [3.8, 4) is 16.9 Å². The molecule has 0 radical (unpaired) electrons. The molecule has 0 unspecified atom stereocenters. The molecule has 0 aliphatic heterocycles. The summed E-state index contributed by atoms with van der Waals surface area (Å²) in [5.41, 5.74) is 3.08. The molecule has 0 bridgehead atoms. The van der Waals surface area contributed by atoms with Gasteiger partial charge in [0.2, 0.25) is 5.91 Å². The average Bonchev–Trinajstić information content (AvgIpc) is 2.65. The van der Waals surface area contributed by atoms with Crippen LogP contribution in [0.5, 0.6) is 5.75 Å². The van der Waals surface area contributed by atoms with Crippen molar-refractivity contribution in [3.05, 3.63) is 72.3 Å². The molecule has 0 aliphatic rings. The van der Waals surface area contributed by atoms with Crippen molar-refractivity contribution in [2.75, 3.05) is 14.2 Å². The van der Waals surface area contributed by atoms with Gasteiger partial charge in [0.25, 0.3) is 0 Å². The van der Waals surface area contributed by atoms with E-state index >= 15 is 0 Å². The highest BCUT2D eigenvalue weighted by atomic mass is 16.5. The fraction of sp³-hybridized carbons (Fsp3) is 0.0952. The Morgan fingerprint density at radius 2 is 1.79 bits per heavy atom. The number of benzene rings is 3. The van der Waals surface area contributed by atoms with Gasteiger partial charge in [-0.1, -0.05) is 42.5 Å². The number of carbonyl (C=O) groups is 1. The van der Waals surface area contributed by atoms with Crippen molar-refractivity contribution in [3.63, 3.8) is 0 Å². The third kappa shape index (κ3) is 3.30. The molecule has 0 heterocycles. The zero-order valence-electron chi connectivity index (χ0n) is 13.7. The first-order chi connectivity index (χ1) is 11.7. The Morgan fingerprint density at radius 3 is 2.54 bits per heavy atom. The number of carbonyl (C=O) groups excluding carboxylic acids is 1. The van der Waals surface area contributed by atoms with E-state index in [1.807, 2.05) is 36.4 Å². The maximum Gasteiger partial charge on any atom is 0.243 e. The topological polar surface area (TPSA) is 38.3 Å². The van der Waals surface area contributed by atoms with Crippen LogP contribution in [0.25, 0.3) is 28.0 Å². The minimum Gasteiger partial charge on any atom is -0.497 e. The van der Waals surface area contributed by atoms with Crippen molar-refractivity contribution in [2.24, 2.45) is 0 Å². The molecular formula is C21H19NO2. The summed E-state index contributed by atoms with van der Waals surface area (Å²) in [4.78, 5) is 11.5. The monoisotopic (exact) mass is 317 g/mol. The van der Waals surface area contributed by atoms with Gasteiger partial charge in [-0.3, -0.25) is 4.79 Å². The van der Waals surface area contributed by atoms with Crippen LogP contribution in [0.4, 0.5) is 0 Å². The zero-order chi connectivity index (χ0) is 16.9. The molecule has 24 heavy (non-hydrogen) atoms. The van der Waals surface area contributed by atoms with Crippen molar-refractivity contribution in [1.82, 2.24) is 5.32 Å². The number of hydrogen-bond acceptors (Lipinski definition) is 2. The van der Waals surface area contributed by atoms with E-state index in [0.717, 1.165) is 22.4 Å². The molecular weight excluding hydrogens is 298 g/mol. The van der Waals surface area contributed by atoms with Gasteiger partial charge in [-0.25, -0.2) is 0 Å². The average molecular weight is 317 g/mol. The molecule has 3 rings (SSSR count). The Bertz CT molecular complexity index is 913. The third-order valence-corrected chi connectivity index (χ3v) is 3.98. The smallest absolute Gasteiger partial charge is 0.243 e. The summed E-state index contributed by atoms with van der Waals surface area (Å²) in [6.07, 6.45) is 3.36. The second kappa shape index (κ2) is 7.01. The maximum atomic E-state index is 11.5. The lowest BCUT2D eigenvalue weighted by Gasteiger charge is -2.10. The lowest BCUT2D eigenvalue weighted by molar-refractivity contribution is -0.115. The summed E-state index contributed by atoms with van der Waals surface area (Å²) < 4.78 is 5.36. The molecule has 0 spiro atoms. The number of methoxy groups -OCH3 is 1. The number of hydrogen-bond donors (Lipinski definition) is 1. The number of ether oxygens (including phenoxy) is 1. The van der Waals surface area contributed by atoms with Crippen LogP contribution < -0.4 is 10.1 Å². The summed E-state index contributed by atoms with van der Waals surface area (Å²) in [6, 6.07) is 20.5. The SMILES string of the molecule is CNC(=O)/C=C/c1ccc(OC)cc1-c1ccc2ccccc2c1. The van der Waals surface area contributed by atoms with Crippen LogP contribution in [0.2, 0.25) is 0 Å². The molecule has 120 valence electrons. The number of nitrogens with one attached hydrogen (secondary N) is 1. The predicted molar refractivity (Wildman–Crippen MR) is 99.0 cm³/mol. The molecule has 1 amide bonds. The van der Waals surface area contributed by atoms with Gasteiger partial charge in [0.05, 0.1) is 7.11 Å². The molecule has 0 fully saturated rings. The first kappa shape index (κ1) is 15.8. The van der Waals surface area contributed by atoms with E-state index in [4.69, 9.17) is 4.74 Å². The first-order valence-electron chi connectivity index (χ1n) is 7.78. The van der Waals surface area contributed by atoms with Gasteiger partial charge >= 0.3 is 0 Å². The van der Waals surface area contributed by atoms with Crippen LogP contribution in [0.3, 0.4) is 0 Å². The number of rotatable bonds is 4. The molecule has 0 saturated carbocycles. The van der Waals surface area contributed by atoms with Crippen LogP contribution in [-0.4, -0.2) is 20.1 Å². The normalized spacial score (nSPS) is 10.9. The van der Waals surface area contributed by atoms with Crippen molar-refractivity contribution in [2.45, 2.75) is 0 Å². The molecule has 3 aromatic rings. The maximum absolute atomic E-state index is 11.5. The van der Waals surface area contributed by atoms with Crippen molar-refractivity contribution >= 4 is 22.8 Å². The van der Waals surface area contributed by atoms with Gasteiger partial charge in [-0.15, -0.1) is 0 Å². The van der Waals surface area contributed by atoms with Gasteiger partial charge in [0.15, 0.2) is 0 Å². The fourth-order valence-corrected chi connectivity index (χ4v) is 2.66. The minimum absolute atomic E-state index is 0.129. The standard InChI is InChI=1S/C21H19NO2/c1-22-21(23)12-10-16-9-11-19(24-2)14-20(16)18-8-7-15-5-3-4-6-17(15)13-18/h3-14H,1-2H3,(H,22,23)/b12-10+. The molecule has 3 nitrogen and oxygen atoms in total. The number of likely N-dealkylation sites (N-methyl/N-ethyl adjacent to an activating group) is 1. The Balaban J connectivity index is 2.12. The summed E-state index contributed by atoms with van der Waals surface area (Å²) >= 11 is 0. The van der Waals surface area contributed by atoms with E-state index in [0.29, 0.717) is 0 Å². The summed E-state index contributed by atoms with van der Waals surface area (Å²) in [7, 11) is 3.27. The van der Waals surface area contributed by atoms with Crippen LogP contribution in [0.15, 0.2) is 66.7 Å². The van der Waals surface area contributed by atoms with Gasteiger partial charge in [0.1, 0.15) is 5.75 Å². The van der Waals surface area contributed by atoms with Crippen LogP contribution in [0, 0.1) is 0 Å². The van der Waals surface area contributed by atoms with Gasteiger partial charge in [-0.2, -0.15) is 0 Å². The highest BCUT2D eigenvalue weighted by Crippen LogP contribution is 2.31. The fourth-order valence-electron chi connectivity index (χ4n) is 2.66. The van der Waals surface area contributed by atoms with Crippen LogP contribution in [0.1, 0.15) is 5.56 Å². The van der Waals surface area contributed by atoms with Crippen LogP contribution >= 0.6 is 0 Å². The summed E-state index contributed by atoms with van der Waals surface area (Å²) in [6.45, 7) is 0. The summed E-state index contributed by atoms with van der Waals surface area (Å²) in [5.74, 6) is 0.658. The van der Waals surface area contributed by atoms with Gasteiger partial charge in [0, 0.05) is 13.1 Å². The molecule has 0 aliphatic carbocycles. The summed E-state index contributed by atoms with van der Waals surface area (Å²) in [5, 5.41) is 4.97. The van der Waals surface area contributed by atoms with Gasteiger partial charge < -0.3 is 10.1 Å². The molecule has 3 aromatic carbocycles. The lowest BCUT2D eigenvalue weighted by Crippen LogP contribution is -2.13. The quantitative estimate of drug-likeness (QED) is 0.730. The van der Waals surface area contributed by atoms with Crippen molar-refractivity contribution < 1.29 is 9.53 Å². The van der Waals surface area contributed by atoms with E-state index in [1.165, 1.54) is 16.8 Å². The Kier molecular flexibility index (Phi) is 4.62. The van der Waals surface area contributed by atoms with Crippen molar-refractivity contribution in [1.29, 1.82) is 0 Å². The third-order valence-electron chi connectivity index (χ3n) is 3.98. The lowest BCUT2D eigenvalue weighted by atomic mass is 9.96. The Morgan fingerprint density at radius 1 is 1.00 bits per heavy atom. The van der Waals surface area contributed by atoms with E-state index < -0.39 is 0 Å². The van der Waals surface area contributed by atoms with E-state index in [1.54, 1.807) is 14.2 Å². The van der Waals surface area contributed by atoms with E-state index in [9.17, 15) is 4.79 Å². The molecule has 0 saturated heterocycles. The highest BCUT2D eigenvalue weighted by molar-refractivity contribution is 5.94. The highest BCUT2D eigenvalue weighted by Gasteiger charge is 2.07. The van der Waals surface area contributed by atoms with E-state index in [-0.39, 0.29) is 5.91 Å².